The molecule has 1 heterocycles. The average molecular weight is 327 g/mol. The number of hydrogen-bond donors (Lipinski definition) is 3. The second kappa shape index (κ2) is 6.25. The van der Waals surface area contributed by atoms with Crippen LogP contribution in [0.2, 0.25) is 0 Å². The number of benzene rings is 1. The fraction of sp³-hybridized carbons (Fsp3) is 0.154. The van der Waals surface area contributed by atoms with Crippen molar-refractivity contribution in [2.45, 2.75) is 11.3 Å². The number of carbonyl (C=O) groups is 1. The normalized spacial score (nSPS) is 11.4. The van der Waals surface area contributed by atoms with Crippen molar-refractivity contribution in [2.24, 2.45) is 0 Å². The smallest absolute Gasteiger partial charge is 0.347 e. The number of phenols is 1. The zero-order valence-corrected chi connectivity index (χ0v) is 12.4. The SMILES string of the molecule is O=C(O)c1sccc1S(=O)(=O)NCCc1ccc(O)cc1. The van der Waals surface area contributed by atoms with Crippen molar-refractivity contribution in [1.82, 2.24) is 4.72 Å². The number of aromatic carboxylic acids is 1. The van der Waals surface area contributed by atoms with Crippen LogP contribution in [-0.2, 0) is 16.4 Å². The molecule has 0 bridgehead atoms. The van der Waals surface area contributed by atoms with Crippen LogP contribution in [0.1, 0.15) is 15.2 Å². The number of sulfonamides is 1. The minimum Gasteiger partial charge on any atom is -0.508 e. The third-order valence-electron chi connectivity index (χ3n) is 2.75. The Hall–Kier alpha value is -1.90. The predicted molar refractivity (Wildman–Crippen MR) is 78.3 cm³/mol. The molecule has 0 aliphatic heterocycles. The van der Waals surface area contributed by atoms with Crippen molar-refractivity contribution in [3.8, 4) is 5.75 Å². The lowest BCUT2D eigenvalue weighted by molar-refractivity contribution is 0.0698. The average Bonchev–Trinajstić information content (AvgIpc) is 2.91. The van der Waals surface area contributed by atoms with E-state index in [1.807, 2.05) is 0 Å². The number of hydrogen-bond acceptors (Lipinski definition) is 5. The van der Waals surface area contributed by atoms with Gasteiger partial charge in [0.2, 0.25) is 10.0 Å². The summed E-state index contributed by atoms with van der Waals surface area (Å²) in [6.45, 7) is 0.141. The van der Waals surface area contributed by atoms with Gasteiger partial charge in [-0.1, -0.05) is 12.1 Å². The number of carboxylic acid groups (broad SMARTS) is 1. The van der Waals surface area contributed by atoms with Gasteiger partial charge in [-0.2, -0.15) is 0 Å². The zero-order valence-electron chi connectivity index (χ0n) is 10.8. The summed E-state index contributed by atoms with van der Waals surface area (Å²) in [7, 11) is -3.84. The van der Waals surface area contributed by atoms with E-state index in [2.05, 4.69) is 4.72 Å². The van der Waals surface area contributed by atoms with Crippen molar-refractivity contribution in [3.05, 3.63) is 46.2 Å². The Morgan fingerprint density at radius 1 is 1.19 bits per heavy atom. The fourth-order valence-electron chi connectivity index (χ4n) is 1.74. The van der Waals surface area contributed by atoms with E-state index in [0.29, 0.717) is 6.42 Å². The Labute approximate surface area is 125 Å². The predicted octanol–water partition coefficient (Wildman–Crippen LogP) is 1.67. The minimum atomic E-state index is -3.84. The number of aromatic hydroxyl groups is 1. The van der Waals surface area contributed by atoms with E-state index in [0.717, 1.165) is 16.9 Å². The highest BCUT2D eigenvalue weighted by molar-refractivity contribution is 7.89. The van der Waals surface area contributed by atoms with E-state index in [-0.39, 0.29) is 22.1 Å². The lowest BCUT2D eigenvalue weighted by Crippen LogP contribution is -2.26. The van der Waals surface area contributed by atoms with Gasteiger partial charge in [-0.3, -0.25) is 0 Å². The first-order valence-electron chi connectivity index (χ1n) is 5.98. The molecule has 0 unspecified atom stereocenters. The van der Waals surface area contributed by atoms with Crippen molar-refractivity contribution in [2.75, 3.05) is 6.54 Å². The summed E-state index contributed by atoms with van der Waals surface area (Å²) in [6.07, 6.45) is 0.437. The van der Waals surface area contributed by atoms with Gasteiger partial charge >= 0.3 is 5.97 Å². The van der Waals surface area contributed by atoms with E-state index in [1.165, 1.54) is 23.6 Å². The second-order valence-corrected chi connectivity index (χ2v) is 6.88. The van der Waals surface area contributed by atoms with Gasteiger partial charge in [-0.05, 0) is 35.6 Å². The Morgan fingerprint density at radius 2 is 1.86 bits per heavy atom. The molecule has 0 radical (unpaired) electrons. The molecule has 8 heteroatoms. The van der Waals surface area contributed by atoms with Crippen LogP contribution in [0.5, 0.6) is 5.75 Å². The van der Waals surface area contributed by atoms with Gasteiger partial charge in [0.15, 0.2) is 0 Å². The third kappa shape index (κ3) is 3.81. The first kappa shape index (κ1) is 15.5. The van der Waals surface area contributed by atoms with Gasteiger partial charge in [0.25, 0.3) is 0 Å². The maximum atomic E-state index is 12.1. The van der Waals surface area contributed by atoms with Gasteiger partial charge in [0, 0.05) is 6.54 Å². The van der Waals surface area contributed by atoms with E-state index < -0.39 is 16.0 Å². The molecule has 3 N–H and O–H groups in total. The Bertz CT molecular complexity index is 734. The van der Waals surface area contributed by atoms with Crippen LogP contribution < -0.4 is 4.72 Å². The van der Waals surface area contributed by atoms with Gasteiger partial charge < -0.3 is 10.2 Å². The molecule has 112 valence electrons. The molecule has 0 fully saturated rings. The first-order valence-corrected chi connectivity index (χ1v) is 8.35. The lowest BCUT2D eigenvalue weighted by Gasteiger charge is -2.06. The molecule has 21 heavy (non-hydrogen) atoms. The molecule has 1 aromatic heterocycles. The monoisotopic (exact) mass is 327 g/mol. The number of thiophene rings is 1. The number of phenolic OH excluding ortho intramolecular Hbond substituents is 1. The molecular formula is C13H13NO5S2. The van der Waals surface area contributed by atoms with Crippen molar-refractivity contribution >= 4 is 27.3 Å². The van der Waals surface area contributed by atoms with E-state index in [9.17, 15) is 13.2 Å². The summed E-state index contributed by atoms with van der Waals surface area (Å²) in [6, 6.07) is 7.70. The quantitative estimate of drug-likeness (QED) is 0.749. The van der Waals surface area contributed by atoms with Gasteiger partial charge in [-0.15, -0.1) is 11.3 Å². The van der Waals surface area contributed by atoms with Crippen LogP contribution in [0.15, 0.2) is 40.6 Å². The summed E-state index contributed by atoms with van der Waals surface area (Å²) in [5.41, 5.74) is 0.860. The minimum absolute atomic E-state index is 0.141. The van der Waals surface area contributed by atoms with Crippen molar-refractivity contribution in [3.63, 3.8) is 0 Å². The Balaban J connectivity index is 2.03. The van der Waals surface area contributed by atoms with Crippen LogP contribution in [-0.4, -0.2) is 31.1 Å². The molecule has 0 atom stereocenters. The van der Waals surface area contributed by atoms with E-state index >= 15 is 0 Å². The van der Waals surface area contributed by atoms with Gasteiger partial charge in [-0.25, -0.2) is 17.9 Å². The molecule has 0 aliphatic carbocycles. The standard InChI is InChI=1S/C13H13NO5S2/c15-10-3-1-9(2-4-10)5-7-14-21(18,19)11-6-8-20-12(11)13(16)17/h1-4,6,8,14-15H,5,7H2,(H,16,17). The van der Waals surface area contributed by atoms with Crippen LogP contribution in [0.25, 0.3) is 0 Å². The van der Waals surface area contributed by atoms with Gasteiger partial charge in [0.05, 0.1) is 0 Å². The molecule has 6 nitrogen and oxygen atoms in total. The van der Waals surface area contributed by atoms with Crippen LogP contribution in [0, 0.1) is 0 Å². The fourth-order valence-corrected chi connectivity index (χ4v) is 4.02. The Kier molecular flexibility index (Phi) is 4.61. The molecule has 0 amide bonds. The van der Waals surface area contributed by atoms with E-state index in [1.54, 1.807) is 12.1 Å². The van der Waals surface area contributed by atoms with Crippen LogP contribution in [0.4, 0.5) is 0 Å². The van der Waals surface area contributed by atoms with E-state index in [4.69, 9.17) is 10.2 Å². The summed E-state index contributed by atoms with van der Waals surface area (Å²) in [5.74, 6) is -1.12. The summed E-state index contributed by atoms with van der Waals surface area (Å²) in [4.78, 5) is 10.5. The lowest BCUT2D eigenvalue weighted by atomic mass is 10.1. The molecule has 0 aliphatic rings. The highest BCUT2D eigenvalue weighted by Gasteiger charge is 2.23. The summed E-state index contributed by atoms with van der Waals surface area (Å²) in [5, 5.41) is 19.5. The first-order chi connectivity index (χ1) is 9.90. The molecular weight excluding hydrogens is 314 g/mol. The Morgan fingerprint density at radius 3 is 2.48 bits per heavy atom. The highest BCUT2D eigenvalue weighted by Crippen LogP contribution is 2.21. The second-order valence-electron chi connectivity index (χ2n) is 4.23. The number of nitrogens with one attached hydrogen (secondary N) is 1. The number of rotatable bonds is 6. The van der Waals surface area contributed by atoms with Crippen LogP contribution >= 0.6 is 11.3 Å². The highest BCUT2D eigenvalue weighted by atomic mass is 32.2. The zero-order chi connectivity index (χ0) is 15.5. The molecule has 0 saturated heterocycles. The van der Waals surface area contributed by atoms with Crippen molar-refractivity contribution < 1.29 is 23.4 Å². The topological polar surface area (TPSA) is 104 Å². The maximum Gasteiger partial charge on any atom is 0.347 e. The summed E-state index contributed by atoms with van der Waals surface area (Å²) < 4.78 is 26.5. The maximum absolute atomic E-state index is 12.1. The molecule has 0 saturated carbocycles. The molecule has 0 spiro atoms. The number of carboxylic acids is 1. The summed E-state index contributed by atoms with van der Waals surface area (Å²) >= 11 is 0.869. The molecule has 2 aromatic rings. The largest absolute Gasteiger partial charge is 0.508 e. The van der Waals surface area contributed by atoms with Crippen molar-refractivity contribution in [1.29, 1.82) is 0 Å². The molecule has 1 aromatic carbocycles. The van der Waals surface area contributed by atoms with Crippen LogP contribution in [0.3, 0.4) is 0 Å². The third-order valence-corrected chi connectivity index (χ3v) is 5.29. The van der Waals surface area contributed by atoms with Gasteiger partial charge in [0.1, 0.15) is 15.5 Å². The molecule has 2 rings (SSSR count).